The molecule has 0 fully saturated rings. The number of benzene rings is 2. The van der Waals surface area contributed by atoms with Gasteiger partial charge in [0.25, 0.3) is 5.91 Å². The molecule has 164 valence electrons. The minimum Gasteiger partial charge on any atom is -0.487 e. The third kappa shape index (κ3) is 4.83. The lowest BCUT2D eigenvalue weighted by atomic mass is 10.2. The van der Waals surface area contributed by atoms with Gasteiger partial charge in [-0.1, -0.05) is 12.1 Å². The van der Waals surface area contributed by atoms with E-state index in [-0.39, 0.29) is 12.3 Å². The Morgan fingerprint density at radius 3 is 2.59 bits per heavy atom. The van der Waals surface area contributed by atoms with E-state index >= 15 is 0 Å². The van der Waals surface area contributed by atoms with Gasteiger partial charge in [0.2, 0.25) is 0 Å². The van der Waals surface area contributed by atoms with Crippen LogP contribution in [0.25, 0.3) is 5.65 Å². The van der Waals surface area contributed by atoms with Crippen LogP contribution >= 0.6 is 0 Å². The first-order valence-electron chi connectivity index (χ1n) is 9.69. The number of amides is 1. The number of pyridine rings is 1. The summed E-state index contributed by atoms with van der Waals surface area (Å²) in [6.45, 7) is 2.25. The largest absolute Gasteiger partial charge is 0.487 e. The number of rotatable bonds is 6. The van der Waals surface area contributed by atoms with Gasteiger partial charge in [0.05, 0.1) is 16.9 Å². The molecular formula is C23H19F3N4O2. The second-order valence-electron chi connectivity index (χ2n) is 7.13. The van der Waals surface area contributed by atoms with Gasteiger partial charge in [-0.15, -0.1) is 0 Å². The number of alkyl halides is 3. The van der Waals surface area contributed by atoms with Crippen molar-refractivity contribution < 1.29 is 22.7 Å². The maximum absolute atomic E-state index is 12.8. The highest BCUT2D eigenvalue weighted by atomic mass is 19.4. The van der Waals surface area contributed by atoms with E-state index in [2.05, 4.69) is 15.8 Å². The number of halogens is 3. The zero-order valence-electron chi connectivity index (χ0n) is 17.0. The van der Waals surface area contributed by atoms with E-state index in [4.69, 9.17) is 4.74 Å². The van der Waals surface area contributed by atoms with Gasteiger partial charge < -0.3 is 9.14 Å². The zero-order valence-corrected chi connectivity index (χ0v) is 17.0. The number of hydrogen-bond acceptors (Lipinski definition) is 4. The number of nitrogens with zero attached hydrogens (tertiary/aromatic N) is 2. The van der Waals surface area contributed by atoms with E-state index in [1.165, 1.54) is 12.1 Å². The number of aromatic nitrogens is 2. The number of aryl methyl sites for hydroxylation is 1. The van der Waals surface area contributed by atoms with Crippen LogP contribution in [0.4, 0.5) is 18.9 Å². The smallest absolute Gasteiger partial charge is 0.416 e. The average Bonchev–Trinajstić information content (AvgIpc) is 3.21. The number of imidazole rings is 1. The van der Waals surface area contributed by atoms with E-state index in [1.807, 2.05) is 35.9 Å². The number of hydrogen-bond donors (Lipinski definition) is 2. The minimum absolute atomic E-state index is 0.121. The van der Waals surface area contributed by atoms with Crippen LogP contribution in [-0.4, -0.2) is 15.3 Å². The molecule has 0 bridgehead atoms. The third-order valence-corrected chi connectivity index (χ3v) is 4.74. The fourth-order valence-electron chi connectivity index (χ4n) is 3.11. The molecule has 1 amide bonds. The number of ether oxygens (including phenoxy) is 1. The van der Waals surface area contributed by atoms with Crippen LogP contribution in [0.15, 0.2) is 73.1 Å². The quantitative estimate of drug-likeness (QED) is 0.414. The van der Waals surface area contributed by atoms with Crippen LogP contribution in [0, 0.1) is 6.92 Å². The molecule has 2 aromatic heterocycles. The lowest BCUT2D eigenvalue weighted by molar-refractivity contribution is -0.137. The van der Waals surface area contributed by atoms with Crippen molar-refractivity contribution >= 4 is 17.2 Å². The van der Waals surface area contributed by atoms with Gasteiger partial charge in [0.15, 0.2) is 0 Å². The van der Waals surface area contributed by atoms with E-state index in [0.29, 0.717) is 11.3 Å². The van der Waals surface area contributed by atoms with Crippen LogP contribution in [0.2, 0.25) is 0 Å². The van der Waals surface area contributed by atoms with Gasteiger partial charge in [-0.05, 0) is 61.0 Å². The molecule has 0 saturated heterocycles. The molecule has 2 N–H and O–H groups in total. The Balaban J connectivity index is 1.33. The van der Waals surface area contributed by atoms with E-state index in [0.717, 1.165) is 29.0 Å². The highest BCUT2D eigenvalue weighted by molar-refractivity contribution is 5.95. The third-order valence-electron chi connectivity index (χ3n) is 4.74. The molecule has 6 nitrogen and oxygen atoms in total. The molecule has 0 spiro atoms. The Kier molecular flexibility index (Phi) is 5.72. The summed E-state index contributed by atoms with van der Waals surface area (Å²) in [5, 5.41) is 0. The standard InChI is InChI=1S/C23H19F3N4O2/c1-15-4-3-11-30-13-19(27-21(15)30)14-32-20-9-7-16(8-10-20)22(31)29-28-18-6-2-5-17(12-18)23(24,25)26/h2-13,28H,14H2,1H3,(H,29,31). The van der Waals surface area contributed by atoms with Crippen molar-refractivity contribution in [2.45, 2.75) is 19.7 Å². The predicted octanol–water partition coefficient (Wildman–Crippen LogP) is 5.00. The van der Waals surface area contributed by atoms with Gasteiger partial charge >= 0.3 is 6.18 Å². The van der Waals surface area contributed by atoms with Gasteiger partial charge in [-0.25, -0.2) is 4.98 Å². The highest BCUT2D eigenvalue weighted by Crippen LogP contribution is 2.30. The predicted molar refractivity (Wildman–Crippen MR) is 113 cm³/mol. The molecule has 32 heavy (non-hydrogen) atoms. The SMILES string of the molecule is Cc1cccn2cc(COc3ccc(C(=O)NNc4cccc(C(F)(F)F)c4)cc3)nc12. The van der Waals surface area contributed by atoms with E-state index in [1.54, 1.807) is 24.3 Å². The number of hydrazine groups is 1. The van der Waals surface area contributed by atoms with Gasteiger partial charge in [0, 0.05) is 18.0 Å². The molecule has 0 atom stereocenters. The van der Waals surface area contributed by atoms with Crippen LogP contribution in [0.1, 0.15) is 27.2 Å². The first-order chi connectivity index (χ1) is 15.3. The summed E-state index contributed by atoms with van der Waals surface area (Å²) in [7, 11) is 0. The fourth-order valence-corrected chi connectivity index (χ4v) is 3.11. The summed E-state index contributed by atoms with van der Waals surface area (Å²) in [5.74, 6) is 0.0611. The molecule has 0 radical (unpaired) electrons. The van der Waals surface area contributed by atoms with Crippen molar-refractivity contribution in [2.24, 2.45) is 0 Å². The van der Waals surface area contributed by atoms with Gasteiger partial charge in [-0.3, -0.25) is 15.6 Å². The number of fused-ring (bicyclic) bond motifs is 1. The average molecular weight is 440 g/mol. The summed E-state index contributed by atoms with van der Waals surface area (Å²) in [5.41, 5.74) is 7.21. The normalized spacial score (nSPS) is 11.4. The monoisotopic (exact) mass is 440 g/mol. The van der Waals surface area contributed by atoms with Gasteiger partial charge in [0.1, 0.15) is 18.0 Å². The molecule has 4 rings (SSSR count). The Bertz CT molecular complexity index is 1250. The van der Waals surface area contributed by atoms with Crippen molar-refractivity contribution in [3.05, 3.63) is 95.4 Å². The number of carbonyl (C=O) groups excluding carboxylic acids is 1. The molecule has 0 unspecified atom stereocenters. The number of carbonyl (C=O) groups is 1. The van der Waals surface area contributed by atoms with Crippen molar-refractivity contribution in [3.8, 4) is 5.75 Å². The summed E-state index contributed by atoms with van der Waals surface area (Å²) in [6, 6.07) is 14.9. The molecule has 0 aliphatic rings. The van der Waals surface area contributed by atoms with E-state index < -0.39 is 17.6 Å². The summed E-state index contributed by atoms with van der Waals surface area (Å²) < 4.78 is 46.0. The molecule has 0 aliphatic carbocycles. The summed E-state index contributed by atoms with van der Waals surface area (Å²) in [6.07, 6.45) is -0.650. The molecular weight excluding hydrogens is 421 g/mol. The zero-order chi connectivity index (χ0) is 22.7. The fraction of sp³-hybridized carbons (Fsp3) is 0.130. The Morgan fingerprint density at radius 1 is 1.09 bits per heavy atom. The molecule has 9 heteroatoms. The highest BCUT2D eigenvalue weighted by Gasteiger charge is 2.30. The molecule has 4 aromatic rings. The van der Waals surface area contributed by atoms with Crippen LogP contribution < -0.4 is 15.6 Å². The molecule has 0 aliphatic heterocycles. The van der Waals surface area contributed by atoms with Crippen LogP contribution in [0.3, 0.4) is 0 Å². The first-order valence-corrected chi connectivity index (χ1v) is 9.69. The van der Waals surface area contributed by atoms with Crippen molar-refractivity contribution in [3.63, 3.8) is 0 Å². The van der Waals surface area contributed by atoms with Crippen molar-refractivity contribution in [1.29, 1.82) is 0 Å². The Morgan fingerprint density at radius 2 is 1.88 bits per heavy atom. The Hall–Kier alpha value is -4.01. The molecule has 0 saturated carbocycles. The topological polar surface area (TPSA) is 67.7 Å². The summed E-state index contributed by atoms with van der Waals surface area (Å²) in [4.78, 5) is 16.8. The second-order valence-corrected chi connectivity index (χ2v) is 7.13. The molecule has 2 aromatic carbocycles. The van der Waals surface area contributed by atoms with Gasteiger partial charge in [-0.2, -0.15) is 13.2 Å². The Labute approximate surface area is 181 Å². The first kappa shape index (κ1) is 21.2. The van der Waals surface area contributed by atoms with Crippen LogP contribution in [-0.2, 0) is 12.8 Å². The lowest BCUT2D eigenvalue weighted by Gasteiger charge is -2.12. The van der Waals surface area contributed by atoms with E-state index in [9.17, 15) is 18.0 Å². The van der Waals surface area contributed by atoms with Crippen LogP contribution in [0.5, 0.6) is 5.75 Å². The van der Waals surface area contributed by atoms with Crippen molar-refractivity contribution in [1.82, 2.24) is 14.8 Å². The lowest BCUT2D eigenvalue weighted by Crippen LogP contribution is -2.29. The second kappa shape index (κ2) is 8.62. The van der Waals surface area contributed by atoms with Crippen molar-refractivity contribution in [2.75, 3.05) is 5.43 Å². The summed E-state index contributed by atoms with van der Waals surface area (Å²) >= 11 is 0. The maximum Gasteiger partial charge on any atom is 0.416 e. The number of nitrogens with one attached hydrogen (secondary N) is 2. The maximum atomic E-state index is 12.8. The minimum atomic E-state index is -4.46. The number of anilines is 1. The molecule has 2 heterocycles.